The van der Waals surface area contributed by atoms with Crippen molar-refractivity contribution in [3.63, 3.8) is 0 Å². The third kappa shape index (κ3) is 2.22. The summed E-state index contributed by atoms with van der Waals surface area (Å²) in [5.74, 6) is 0.820. The lowest BCUT2D eigenvalue weighted by Gasteiger charge is -2.05. The Bertz CT molecular complexity index is 1300. The molecule has 0 unspecified atom stereocenters. The SMILES string of the molecule is O=c1c2ccccc2[nH]c2c(-c3nnc(-c4ccccc4)o3)cccc12. The first kappa shape index (κ1) is 14.6. The molecule has 0 aliphatic rings. The average Bonchev–Trinajstić information content (AvgIpc) is 3.19. The van der Waals surface area contributed by atoms with E-state index in [1.165, 1.54) is 0 Å². The van der Waals surface area contributed by atoms with Crippen LogP contribution >= 0.6 is 0 Å². The zero-order valence-corrected chi connectivity index (χ0v) is 13.6. The Kier molecular flexibility index (Phi) is 3.18. The number of aromatic amines is 1. The van der Waals surface area contributed by atoms with Crippen molar-refractivity contribution in [3.8, 4) is 22.9 Å². The fourth-order valence-electron chi connectivity index (χ4n) is 3.15. The van der Waals surface area contributed by atoms with Gasteiger partial charge in [-0.2, -0.15) is 0 Å². The number of nitrogens with zero attached hydrogens (tertiary/aromatic N) is 2. The summed E-state index contributed by atoms with van der Waals surface area (Å²) in [7, 11) is 0. The first-order valence-electron chi connectivity index (χ1n) is 8.24. The lowest BCUT2D eigenvalue weighted by molar-refractivity contribution is 0.585. The van der Waals surface area contributed by atoms with Crippen LogP contribution in [0.4, 0.5) is 0 Å². The average molecular weight is 339 g/mol. The zero-order valence-electron chi connectivity index (χ0n) is 13.6. The van der Waals surface area contributed by atoms with Crippen molar-refractivity contribution in [2.75, 3.05) is 0 Å². The first-order valence-corrected chi connectivity index (χ1v) is 8.24. The van der Waals surface area contributed by atoms with Gasteiger partial charge in [0.2, 0.25) is 11.8 Å². The van der Waals surface area contributed by atoms with E-state index in [9.17, 15) is 4.79 Å². The van der Waals surface area contributed by atoms with Crippen LogP contribution in [0.5, 0.6) is 0 Å². The Labute approximate surface area is 147 Å². The molecule has 3 aromatic carbocycles. The van der Waals surface area contributed by atoms with E-state index < -0.39 is 0 Å². The van der Waals surface area contributed by atoms with Crippen LogP contribution in [-0.2, 0) is 0 Å². The summed E-state index contributed by atoms with van der Waals surface area (Å²) in [6.45, 7) is 0. The second-order valence-corrected chi connectivity index (χ2v) is 6.01. The molecule has 0 radical (unpaired) electrons. The minimum atomic E-state index is -0.0148. The molecule has 0 fully saturated rings. The van der Waals surface area contributed by atoms with E-state index in [4.69, 9.17) is 4.42 Å². The molecular formula is C21H13N3O2. The molecule has 0 saturated carbocycles. The summed E-state index contributed by atoms with van der Waals surface area (Å²) in [6, 6.07) is 22.6. The van der Waals surface area contributed by atoms with Crippen molar-refractivity contribution in [1.29, 1.82) is 0 Å². The van der Waals surface area contributed by atoms with Gasteiger partial charge in [-0.1, -0.05) is 36.4 Å². The molecular weight excluding hydrogens is 326 g/mol. The van der Waals surface area contributed by atoms with Crippen LogP contribution in [0.1, 0.15) is 0 Å². The highest BCUT2D eigenvalue weighted by Crippen LogP contribution is 2.28. The van der Waals surface area contributed by atoms with Gasteiger partial charge in [-0.25, -0.2) is 0 Å². The monoisotopic (exact) mass is 339 g/mol. The van der Waals surface area contributed by atoms with E-state index in [0.717, 1.165) is 11.1 Å². The molecule has 0 saturated heterocycles. The number of nitrogens with one attached hydrogen (secondary N) is 1. The Hall–Kier alpha value is -3.73. The number of benzene rings is 3. The second kappa shape index (κ2) is 5.67. The van der Waals surface area contributed by atoms with Gasteiger partial charge in [0.15, 0.2) is 5.43 Å². The topological polar surface area (TPSA) is 71.8 Å². The molecule has 0 atom stereocenters. The summed E-state index contributed by atoms with van der Waals surface area (Å²) in [5, 5.41) is 9.59. The number of hydrogen-bond acceptors (Lipinski definition) is 4. The standard InChI is InChI=1S/C21H13N3O2/c25-19-14-9-4-5-12-17(14)22-18-15(19)10-6-11-16(18)21-24-23-20(26-21)13-7-2-1-3-8-13/h1-12H,(H,22,25). The Balaban J connectivity index is 1.75. The van der Waals surface area contributed by atoms with Crippen molar-refractivity contribution >= 4 is 21.8 Å². The van der Waals surface area contributed by atoms with Crippen LogP contribution in [0, 0.1) is 0 Å². The molecule has 0 aliphatic heterocycles. The van der Waals surface area contributed by atoms with Crippen LogP contribution in [-0.4, -0.2) is 15.2 Å². The zero-order chi connectivity index (χ0) is 17.5. The van der Waals surface area contributed by atoms with Crippen molar-refractivity contribution in [1.82, 2.24) is 15.2 Å². The molecule has 0 aliphatic carbocycles. The quantitative estimate of drug-likeness (QED) is 0.484. The minimum absolute atomic E-state index is 0.0148. The number of aromatic nitrogens is 3. The summed E-state index contributed by atoms with van der Waals surface area (Å²) < 4.78 is 5.87. The second-order valence-electron chi connectivity index (χ2n) is 6.01. The first-order chi connectivity index (χ1) is 12.8. The lowest BCUT2D eigenvalue weighted by atomic mass is 10.1. The molecule has 0 spiro atoms. The van der Waals surface area contributed by atoms with Crippen LogP contribution in [0.25, 0.3) is 44.7 Å². The molecule has 2 aromatic heterocycles. The van der Waals surface area contributed by atoms with Gasteiger partial charge in [0.1, 0.15) is 0 Å². The van der Waals surface area contributed by atoms with Gasteiger partial charge < -0.3 is 9.40 Å². The number of para-hydroxylation sites is 2. The number of H-pyrrole nitrogens is 1. The minimum Gasteiger partial charge on any atom is -0.416 e. The molecule has 0 amide bonds. The van der Waals surface area contributed by atoms with Crippen molar-refractivity contribution < 1.29 is 4.42 Å². The van der Waals surface area contributed by atoms with E-state index in [1.54, 1.807) is 6.07 Å². The summed E-state index contributed by atoms with van der Waals surface area (Å²) >= 11 is 0. The highest BCUT2D eigenvalue weighted by molar-refractivity contribution is 5.98. The van der Waals surface area contributed by atoms with Crippen molar-refractivity contribution in [2.45, 2.75) is 0 Å². The fraction of sp³-hybridized carbons (Fsp3) is 0. The van der Waals surface area contributed by atoms with Gasteiger partial charge in [0, 0.05) is 21.9 Å². The third-order valence-corrected chi connectivity index (χ3v) is 4.42. The van der Waals surface area contributed by atoms with Gasteiger partial charge in [-0.05, 0) is 36.4 Å². The molecule has 124 valence electrons. The lowest BCUT2D eigenvalue weighted by Crippen LogP contribution is -2.04. The number of pyridine rings is 1. The molecule has 5 heteroatoms. The molecule has 2 heterocycles. The van der Waals surface area contributed by atoms with Crippen molar-refractivity contribution in [3.05, 3.63) is 83.0 Å². The van der Waals surface area contributed by atoms with Crippen molar-refractivity contribution in [2.24, 2.45) is 0 Å². The van der Waals surface area contributed by atoms with Crippen LogP contribution in [0.15, 0.2) is 82.0 Å². The Morgan fingerprint density at radius 2 is 1.46 bits per heavy atom. The maximum atomic E-state index is 12.8. The maximum absolute atomic E-state index is 12.8. The highest BCUT2D eigenvalue weighted by Gasteiger charge is 2.15. The van der Waals surface area contributed by atoms with E-state index >= 15 is 0 Å². The number of fused-ring (bicyclic) bond motifs is 2. The molecule has 0 bridgehead atoms. The van der Waals surface area contributed by atoms with Gasteiger partial charge >= 0.3 is 0 Å². The predicted molar refractivity (Wildman–Crippen MR) is 101 cm³/mol. The summed E-state index contributed by atoms with van der Waals surface area (Å²) in [6.07, 6.45) is 0. The van der Waals surface area contributed by atoms with E-state index in [-0.39, 0.29) is 5.43 Å². The molecule has 5 nitrogen and oxygen atoms in total. The number of hydrogen-bond donors (Lipinski definition) is 1. The third-order valence-electron chi connectivity index (χ3n) is 4.42. The molecule has 1 N–H and O–H groups in total. The van der Waals surface area contributed by atoms with Gasteiger partial charge in [0.05, 0.1) is 11.1 Å². The van der Waals surface area contributed by atoms with Gasteiger partial charge in [0.25, 0.3) is 0 Å². The predicted octanol–water partition coefficient (Wildman–Crippen LogP) is 4.40. The van der Waals surface area contributed by atoms with Crippen LogP contribution in [0.3, 0.4) is 0 Å². The highest BCUT2D eigenvalue weighted by atomic mass is 16.4. The van der Waals surface area contributed by atoms with Crippen LogP contribution in [0.2, 0.25) is 0 Å². The Morgan fingerprint density at radius 1 is 0.731 bits per heavy atom. The smallest absolute Gasteiger partial charge is 0.250 e. The van der Waals surface area contributed by atoms with E-state index in [2.05, 4.69) is 15.2 Å². The molecule has 5 rings (SSSR count). The van der Waals surface area contributed by atoms with Gasteiger partial charge in [-0.3, -0.25) is 4.79 Å². The van der Waals surface area contributed by atoms with E-state index in [0.29, 0.717) is 33.6 Å². The normalized spacial score (nSPS) is 11.2. The summed E-state index contributed by atoms with van der Waals surface area (Å²) in [5.41, 5.74) is 3.02. The number of rotatable bonds is 2. The molecule has 26 heavy (non-hydrogen) atoms. The summed E-state index contributed by atoms with van der Waals surface area (Å²) in [4.78, 5) is 16.1. The molecule has 5 aromatic rings. The Morgan fingerprint density at radius 3 is 2.35 bits per heavy atom. The maximum Gasteiger partial charge on any atom is 0.250 e. The van der Waals surface area contributed by atoms with E-state index in [1.807, 2.05) is 66.7 Å². The van der Waals surface area contributed by atoms with Gasteiger partial charge in [-0.15, -0.1) is 10.2 Å². The fourth-order valence-corrected chi connectivity index (χ4v) is 3.15. The largest absolute Gasteiger partial charge is 0.416 e. The van der Waals surface area contributed by atoms with Crippen LogP contribution < -0.4 is 5.43 Å².